The highest BCUT2D eigenvalue weighted by Gasteiger charge is 2.41. The van der Waals surface area contributed by atoms with E-state index in [-0.39, 0.29) is 30.7 Å². The maximum atomic E-state index is 13.0. The average molecular weight is 428 g/mol. The Balaban J connectivity index is 1.70. The van der Waals surface area contributed by atoms with E-state index in [0.29, 0.717) is 18.8 Å². The first kappa shape index (κ1) is 22.0. The van der Waals surface area contributed by atoms with Crippen LogP contribution in [0.5, 0.6) is 0 Å². The van der Waals surface area contributed by atoms with Crippen molar-refractivity contribution < 1.29 is 32.3 Å². The molecule has 30 heavy (non-hydrogen) atoms. The maximum absolute atomic E-state index is 13.0. The Bertz CT molecular complexity index is 796. The number of anilines is 2. The fraction of sp³-hybridized carbons (Fsp3) is 0.526. The number of nitrogens with one attached hydrogen (secondary N) is 1. The lowest BCUT2D eigenvalue weighted by Gasteiger charge is -2.29. The van der Waals surface area contributed by atoms with Gasteiger partial charge >= 0.3 is 6.18 Å². The highest BCUT2D eigenvalue weighted by molar-refractivity contribution is 6.09. The Morgan fingerprint density at radius 2 is 1.93 bits per heavy atom. The van der Waals surface area contributed by atoms with Crippen LogP contribution in [0.1, 0.15) is 12.8 Å². The molecule has 1 heterocycles. The van der Waals surface area contributed by atoms with Crippen molar-refractivity contribution in [2.45, 2.75) is 25.1 Å². The van der Waals surface area contributed by atoms with E-state index in [9.17, 15) is 27.6 Å². The molecule has 0 bridgehead atoms. The minimum Gasteiger partial charge on any atom is -0.370 e. The Morgan fingerprint density at radius 3 is 2.47 bits per heavy atom. The molecule has 3 amide bonds. The van der Waals surface area contributed by atoms with Crippen molar-refractivity contribution in [2.75, 3.05) is 43.1 Å². The van der Waals surface area contributed by atoms with E-state index >= 15 is 0 Å². The summed E-state index contributed by atoms with van der Waals surface area (Å²) in [6.07, 6.45) is -3.07. The first-order valence-corrected chi connectivity index (χ1v) is 9.53. The number of hydrogen-bond acceptors (Lipinski definition) is 5. The quantitative estimate of drug-likeness (QED) is 0.604. The third-order valence-electron chi connectivity index (χ3n) is 4.89. The van der Waals surface area contributed by atoms with Crippen LogP contribution in [0.3, 0.4) is 0 Å². The summed E-state index contributed by atoms with van der Waals surface area (Å²) >= 11 is 0. The molecule has 1 saturated heterocycles. The van der Waals surface area contributed by atoms with Crippen LogP contribution in [-0.4, -0.2) is 67.7 Å². The number of amides is 3. The summed E-state index contributed by atoms with van der Waals surface area (Å²) in [4.78, 5) is 38.7. The molecule has 2 fully saturated rings. The molecule has 1 aliphatic carbocycles. The van der Waals surface area contributed by atoms with Gasteiger partial charge in [0.05, 0.1) is 13.2 Å². The first-order chi connectivity index (χ1) is 14.1. The van der Waals surface area contributed by atoms with Gasteiger partial charge in [0.15, 0.2) is 6.04 Å². The van der Waals surface area contributed by atoms with Crippen LogP contribution in [0.4, 0.5) is 24.5 Å². The second-order valence-corrected chi connectivity index (χ2v) is 7.43. The molecule has 1 saturated carbocycles. The summed E-state index contributed by atoms with van der Waals surface area (Å²) in [7, 11) is 0. The lowest BCUT2D eigenvalue weighted by Crippen LogP contribution is -2.55. The molecule has 0 unspecified atom stereocenters. The Kier molecular flexibility index (Phi) is 6.61. The molecule has 0 spiro atoms. The van der Waals surface area contributed by atoms with Gasteiger partial charge < -0.3 is 20.7 Å². The molecular weight excluding hydrogens is 405 g/mol. The smallest absolute Gasteiger partial charge is 0.370 e. The van der Waals surface area contributed by atoms with Crippen LogP contribution in [0.25, 0.3) is 0 Å². The monoisotopic (exact) mass is 428 g/mol. The second kappa shape index (κ2) is 9.00. The molecular formula is C19H23F3N4O4. The van der Waals surface area contributed by atoms with E-state index in [1.165, 1.54) is 17.0 Å². The zero-order valence-electron chi connectivity index (χ0n) is 16.2. The van der Waals surface area contributed by atoms with Crippen molar-refractivity contribution in [3.8, 4) is 0 Å². The highest BCUT2D eigenvalue weighted by atomic mass is 19.4. The molecule has 0 aromatic heterocycles. The van der Waals surface area contributed by atoms with E-state index in [1.807, 2.05) is 0 Å². The largest absolute Gasteiger partial charge is 0.401 e. The molecule has 11 heteroatoms. The third-order valence-corrected chi connectivity index (χ3v) is 4.89. The molecule has 8 nitrogen and oxygen atoms in total. The van der Waals surface area contributed by atoms with Gasteiger partial charge in [-0.15, -0.1) is 0 Å². The molecule has 0 radical (unpaired) electrons. The number of nitrogens with two attached hydrogens (primary N) is 1. The summed E-state index contributed by atoms with van der Waals surface area (Å²) in [5, 5.41) is 2.45. The predicted molar refractivity (Wildman–Crippen MR) is 102 cm³/mol. The van der Waals surface area contributed by atoms with Crippen LogP contribution in [0, 0.1) is 5.92 Å². The van der Waals surface area contributed by atoms with Gasteiger partial charge in [0.25, 0.3) is 11.8 Å². The number of carbonyl (C=O) groups is 3. The summed E-state index contributed by atoms with van der Waals surface area (Å²) in [6, 6.07) is 4.45. The van der Waals surface area contributed by atoms with Gasteiger partial charge in [-0.2, -0.15) is 13.2 Å². The maximum Gasteiger partial charge on any atom is 0.401 e. The molecule has 1 aromatic carbocycles. The van der Waals surface area contributed by atoms with E-state index in [1.54, 1.807) is 12.1 Å². The minimum atomic E-state index is -4.57. The Morgan fingerprint density at radius 1 is 1.27 bits per heavy atom. The Hall–Kier alpha value is -2.66. The first-order valence-electron chi connectivity index (χ1n) is 9.53. The van der Waals surface area contributed by atoms with E-state index < -0.39 is 30.6 Å². The van der Waals surface area contributed by atoms with Crippen molar-refractivity contribution in [2.24, 2.45) is 11.7 Å². The molecule has 164 valence electrons. The van der Waals surface area contributed by atoms with Gasteiger partial charge in [-0.1, -0.05) is 0 Å². The number of hydrogen-bond donors (Lipinski definition) is 2. The molecule has 1 atom stereocenters. The lowest BCUT2D eigenvalue weighted by molar-refractivity contribution is -0.157. The standard InChI is InChI=1S/C19H23F3N4O4/c20-19(21,22)11-25(9-12-1-2-12)16(17(23)28)18(29)24-13-3-5-14(6-4-13)26-7-8-30-10-15(26)27/h3-6,12,16H,1-2,7-11H2,(H2,23,28)(H,24,29)/t16-/m1/s1. The fourth-order valence-corrected chi connectivity index (χ4v) is 3.32. The summed E-state index contributed by atoms with van der Waals surface area (Å²) in [6.45, 7) is -0.654. The lowest BCUT2D eigenvalue weighted by atomic mass is 10.1. The molecule has 3 N–H and O–H groups in total. The van der Waals surface area contributed by atoms with Gasteiger partial charge in [0.1, 0.15) is 6.61 Å². The molecule has 3 rings (SSSR count). The van der Waals surface area contributed by atoms with Gasteiger partial charge in [0, 0.05) is 24.5 Å². The number of ether oxygens (including phenoxy) is 1. The van der Waals surface area contributed by atoms with Gasteiger partial charge in [-0.05, 0) is 43.0 Å². The van der Waals surface area contributed by atoms with Crippen LogP contribution in [0.2, 0.25) is 0 Å². The normalized spacial score (nSPS) is 18.4. The number of benzene rings is 1. The van der Waals surface area contributed by atoms with Crippen LogP contribution >= 0.6 is 0 Å². The summed E-state index contributed by atoms with van der Waals surface area (Å²) in [5.74, 6) is -2.25. The summed E-state index contributed by atoms with van der Waals surface area (Å²) < 4.78 is 44.0. The van der Waals surface area contributed by atoms with Crippen molar-refractivity contribution in [1.82, 2.24) is 4.90 Å². The minimum absolute atomic E-state index is 0.0190. The average Bonchev–Trinajstić information content (AvgIpc) is 3.45. The highest BCUT2D eigenvalue weighted by Crippen LogP contribution is 2.32. The van der Waals surface area contributed by atoms with Crippen molar-refractivity contribution in [3.63, 3.8) is 0 Å². The van der Waals surface area contributed by atoms with E-state index in [4.69, 9.17) is 10.5 Å². The number of carbonyl (C=O) groups excluding carboxylic acids is 3. The van der Waals surface area contributed by atoms with Gasteiger partial charge in [0.2, 0.25) is 5.91 Å². The molecule has 2 aliphatic rings. The predicted octanol–water partition coefficient (Wildman–Crippen LogP) is 1.12. The number of primary amides is 1. The van der Waals surface area contributed by atoms with Gasteiger partial charge in [-0.3, -0.25) is 19.3 Å². The number of nitrogens with zero attached hydrogens (tertiary/aromatic N) is 2. The zero-order valence-corrected chi connectivity index (χ0v) is 16.2. The van der Waals surface area contributed by atoms with Gasteiger partial charge in [-0.25, -0.2) is 0 Å². The number of rotatable bonds is 8. The van der Waals surface area contributed by atoms with E-state index in [2.05, 4.69) is 5.32 Å². The van der Waals surface area contributed by atoms with Crippen molar-refractivity contribution in [3.05, 3.63) is 24.3 Å². The third kappa shape index (κ3) is 5.92. The van der Waals surface area contributed by atoms with Crippen molar-refractivity contribution in [1.29, 1.82) is 0 Å². The van der Waals surface area contributed by atoms with Crippen LogP contribution in [0.15, 0.2) is 24.3 Å². The van der Waals surface area contributed by atoms with E-state index in [0.717, 1.165) is 17.7 Å². The molecule has 1 aromatic rings. The Labute approximate surface area is 171 Å². The van der Waals surface area contributed by atoms with Crippen molar-refractivity contribution >= 4 is 29.1 Å². The van der Waals surface area contributed by atoms with Crippen LogP contribution in [-0.2, 0) is 19.1 Å². The number of halogens is 3. The molecule has 1 aliphatic heterocycles. The topological polar surface area (TPSA) is 105 Å². The number of morpholine rings is 1. The fourth-order valence-electron chi connectivity index (χ4n) is 3.32. The summed E-state index contributed by atoms with van der Waals surface area (Å²) in [5.41, 5.74) is 6.15. The van der Waals surface area contributed by atoms with Crippen LogP contribution < -0.4 is 16.0 Å². The zero-order chi connectivity index (χ0) is 21.9. The SMILES string of the molecule is NC(=O)[C@H](C(=O)Nc1ccc(N2CCOCC2=O)cc1)N(CC1CC1)CC(F)(F)F. The second-order valence-electron chi connectivity index (χ2n) is 7.43. The number of alkyl halides is 3.